The van der Waals surface area contributed by atoms with Crippen molar-refractivity contribution in [3.63, 3.8) is 0 Å². The third kappa shape index (κ3) is 8.92. The second-order valence-corrected chi connectivity index (χ2v) is 16.1. The Morgan fingerprint density at radius 2 is 1.49 bits per heavy atom. The van der Waals surface area contributed by atoms with Crippen molar-refractivity contribution in [1.29, 1.82) is 0 Å². The molecule has 4 aromatic heterocycles. The first-order valence-corrected chi connectivity index (χ1v) is 20.2. The number of phosphoric ester groups is 2. The normalized spacial score (nSPS) is 29.8. The van der Waals surface area contributed by atoms with E-state index in [1.165, 1.54) is 42.6 Å². The lowest BCUT2D eigenvalue weighted by Gasteiger charge is -2.24. The van der Waals surface area contributed by atoms with Crippen LogP contribution in [0.1, 0.15) is 43.5 Å². The molecule has 57 heavy (non-hydrogen) atoms. The Labute approximate surface area is 319 Å². The summed E-state index contributed by atoms with van der Waals surface area (Å²) in [4.78, 5) is 76.1. The highest BCUT2D eigenvalue weighted by Crippen LogP contribution is 2.52. The molecule has 0 aromatic carbocycles. The van der Waals surface area contributed by atoms with Gasteiger partial charge >= 0.3 is 27.0 Å². The lowest BCUT2D eigenvalue weighted by Crippen LogP contribution is -2.33. The van der Waals surface area contributed by atoms with Gasteiger partial charge in [0.15, 0.2) is 11.5 Å². The Morgan fingerprint density at radius 1 is 0.877 bits per heavy atom. The van der Waals surface area contributed by atoms with Crippen LogP contribution in [0.5, 0.6) is 0 Å². The van der Waals surface area contributed by atoms with E-state index in [4.69, 9.17) is 43.8 Å². The summed E-state index contributed by atoms with van der Waals surface area (Å²) in [5.41, 5.74) is 9.93. The molecule has 3 aliphatic rings. The first kappa shape index (κ1) is 40.9. The fourth-order valence-electron chi connectivity index (χ4n) is 6.58. The van der Waals surface area contributed by atoms with E-state index in [1.807, 2.05) is 0 Å². The number of fused-ring (bicyclic) bond motifs is 1. The van der Waals surface area contributed by atoms with Crippen LogP contribution < -0.4 is 28.4 Å². The maximum Gasteiger partial charge on any atom is 0.472 e. The van der Waals surface area contributed by atoms with Crippen molar-refractivity contribution in [2.24, 2.45) is 0 Å². The molecule has 26 nitrogen and oxygen atoms in total. The molecule has 310 valence electrons. The Morgan fingerprint density at radius 3 is 2.18 bits per heavy atom. The number of hydrogen-bond acceptors (Lipinski definition) is 20. The number of aromatic nitrogens is 8. The average molecular weight is 845 g/mol. The number of aryl methyl sites for hydroxylation is 1. The molecular weight excluding hydrogens is 806 g/mol. The van der Waals surface area contributed by atoms with Crippen molar-refractivity contribution in [3.8, 4) is 0 Å². The van der Waals surface area contributed by atoms with Gasteiger partial charge in [0.05, 0.1) is 32.3 Å². The van der Waals surface area contributed by atoms with Crippen LogP contribution in [-0.4, -0.2) is 115 Å². The summed E-state index contributed by atoms with van der Waals surface area (Å²) < 4.78 is 68.9. The highest BCUT2D eigenvalue weighted by atomic mass is 31.2. The predicted molar refractivity (Wildman–Crippen MR) is 189 cm³/mol. The van der Waals surface area contributed by atoms with E-state index >= 15 is 0 Å². The van der Waals surface area contributed by atoms with Gasteiger partial charge in [-0.3, -0.25) is 41.6 Å². The Balaban J connectivity index is 1.03. The van der Waals surface area contributed by atoms with Crippen LogP contribution in [0.4, 0.5) is 11.6 Å². The Bertz CT molecular complexity index is 2390. The molecule has 0 bridgehead atoms. The number of hydrogen-bond donors (Lipinski definition) is 7. The summed E-state index contributed by atoms with van der Waals surface area (Å²) in [5, 5.41) is 20.5. The Kier molecular flexibility index (Phi) is 11.6. The predicted octanol–water partition coefficient (Wildman–Crippen LogP) is -1.67. The number of ether oxygens (including phenoxy) is 3. The van der Waals surface area contributed by atoms with Crippen LogP contribution in [-0.2, 0) is 41.4 Å². The SMILES string of the molecule is Cc1cn([C@H]2C[C@H](OP(=O)(O)OC[C@H]3O[C@@H](n4cnc5c(N)ncnc54)C[C@@H]3OP(=O)(O)OC[C@H]3O[C@@H](n4ccc(N)nc4=O)C[C@@H]3O)[C@@H](CO)O2)c(=O)[nH]c1=O. The topological polar surface area (TPSA) is 365 Å². The van der Waals surface area contributed by atoms with Crippen molar-refractivity contribution in [3.05, 3.63) is 68.0 Å². The van der Waals surface area contributed by atoms with Crippen LogP contribution in [0, 0.1) is 6.92 Å². The number of nitrogens with zero attached hydrogens (tertiary/aromatic N) is 7. The van der Waals surface area contributed by atoms with E-state index in [1.54, 1.807) is 0 Å². The zero-order valence-corrected chi connectivity index (χ0v) is 31.5. The van der Waals surface area contributed by atoms with Gasteiger partial charge in [-0.1, -0.05) is 0 Å². The van der Waals surface area contributed by atoms with Gasteiger partial charge in [-0.25, -0.2) is 33.7 Å². The molecule has 9 N–H and O–H groups in total. The van der Waals surface area contributed by atoms with Gasteiger partial charge in [-0.05, 0) is 13.0 Å². The number of aliphatic hydroxyl groups excluding tert-OH is 2. The number of H-pyrrole nitrogens is 1. The van der Waals surface area contributed by atoms with E-state index < -0.39 is 108 Å². The van der Waals surface area contributed by atoms with Crippen LogP contribution in [0.3, 0.4) is 0 Å². The van der Waals surface area contributed by atoms with E-state index in [-0.39, 0.29) is 47.6 Å². The standard InChI is InChI=1S/C29H38N10O16P2/c1-13-7-38(29(44)36-27(13)42)22-5-15(17(8-40)51-22)54-57(47,48)50-10-19-16(6-23(53-19)39-12-34-24-25(31)32-11-33-26(24)39)55-56(45,46)49-9-18-14(41)4-21(52-18)37-3-2-20(30)35-28(37)43/h2-3,7,11-12,14-19,21-23,40-41H,4-6,8-10H2,1H3,(H,45,46)(H,47,48)(H2,30,35,43)(H2,31,32,33)(H,36,42,44)/t14-,15-,16-,17+,18+,19+,21+,22+,23+/m0/s1. The number of aliphatic hydroxyl groups is 2. The number of anilines is 2. The number of aromatic amines is 1. The summed E-state index contributed by atoms with van der Waals surface area (Å²) >= 11 is 0. The number of nitrogen functional groups attached to an aromatic ring is 2. The zero-order valence-electron chi connectivity index (χ0n) is 29.7. The van der Waals surface area contributed by atoms with Gasteiger partial charge in [0, 0.05) is 37.2 Å². The summed E-state index contributed by atoms with van der Waals surface area (Å²) in [7, 11) is -10.1. The van der Waals surface area contributed by atoms with Crippen LogP contribution in [0.25, 0.3) is 11.2 Å². The fraction of sp³-hybridized carbons (Fsp3) is 0.552. The summed E-state index contributed by atoms with van der Waals surface area (Å²) in [5.74, 6) is 0.0417. The molecule has 0 aliphatic carbocycles. The molecule has 0 spiro atoms. The minimum Gasteiger partial charge on any atom is -0.394 e. The van der Waals surface area contributed by atoms with Crippen molar-refractivity contribution in [2.45, 2.75) is 81.5 Å². The fourth-order valence-corrected chi connectivity index (χ4v) is 8.50. The molecule has 4 aromatic rings. The molecule has 7 rings (SSSR count). The molecule has 3 saturated heterocycles. The van der Waals surface area contributed by atoms with E-state index in [0.717, 1.165) is 9.13 Å². The minimum absolute atomic E-state index is 0.0203. The van der Waals surface area contributed by atoms with Gasteiger partial charge in [0.1, 0.15) is 66.9 Å². The molecular formula is C29H38N10O16P2. The number of nitrogens with two attached hydrogens (primary N) is 2. The van der Waals surface area contributed by atoms with Gasteiger partial charge in [-0.2, -0.15) is 4.98 Å². The van der Waals surface area contributed by atoms with Crippen LogP contribution in [0.2, 0.25) is 0 Å². The molecule has 3 fully saturated rings. The van der Waals surface area contributed by atoms with E-state index in [2.05, 4.69) is 24.9 Å². The number of phosphoric acid groups is 2. The van der Waals surface area contributed by atoms with Crippen LogP contribution in [0.15, 0.2) is 45.5 Å². The second-order valence-electron chi connectivity index (χ2n) is 13.3. The third-order valence-electron chi connectivity index (χ3n) is 9.40. The first-order valence-electron chi connectivity index (χ1n) is 17.2. The van der Waals surface area contributed by atoms with Crippen LogP contribution >= 0.6 is 15.6 Å². The smallest absolute Gasteiger partial charge is 0.394 e. The minimum atomic E-state index is -5.04. The molecule has 7 heterocycles. The lowest BCUT2D eigenvalue weighted by molar-refractivity contribution is -0.0610. The lowest BCUT2D eigenvalue weighted by atomic mass is 10.2. The van der Waals surface area contributed by atoms with Crippen molar-refractivity contribution < 1.29 is 61.4 Å². The van der Waals surface area contributed by atoms with Gasteiger partial charge in [0.25, 0.3) is 5.56 Å². The van der Waals surface area contributed by atoms with E-state index in [0.29, 0.717) is 0 Å². The maximum absolute atomic E-state index is 13.3. The van der Waals surface area contributed by atoms with E-state index in [9.17, 15) is 43.5 Å². The molecule has 0 saturated carbocycles. The second kappa shape index (κ2) is 16.2. The summed E-state index contributed by atoms with van der Waals surface area (Å²) in [6.45, 7) is -0.654. The maximum atomic E-state index is 13.3. The quantitative estimate of drug-likeness (QED) is 0.0697. The highest BCUT2D eigenvalue weighted by molar-refractivity contribution is 7.47. The van der Waals surface area contributed by atoms with Crippen molar-refractivity contribution in [2.75, 3.05) is 31.3 Å². The molecule has 0 amide bonds. The third-order valence-corrected chi connectivity index (χ3v) is 11.4. The number of imidazole rings is 1. The van der Waals surface area contributed by atoms with Gasteiger partial charge in [-0.15, -0.1) is 0 Å². The highest BCUT2D eigenvalue weighted by Gasteiger charge is 2.46. The summed E-state index contributed by atoms with van der Waals surface area (Å²) in [6, 6.07) is 1.36. The largest absolute Gasteiger partial charge is 0.472 e. The molecule has 28 heteroatoms. The van der Waals surface area contributed by atoms with Gasteiger partial charge in [0.2, 0.25) is 0 Å². The molecule has 3 aliphatic heterocycles. The molecule has 11 atom stereocenters. The van der Waals surface area contributed by atoms with Crippen molar-refractivity contribution >= 4 is 38.4 Å². The molecule has 0 radical (unpaired) electrons. The molecule has 2 unspecified atom stereocenters. The summed E-state index contributed by atoms with van der Waals surface area (Å²) in [6.07, 6.45) is -6.10. The average Bonchev–Trinajstić information content (AvgIpc) is 3.93. The number of rotatable bonds is 14. The number of nitrogens with one attached hydrogen (secondary N) is 1. The Hall–Kier alpha value is -4.27. The van der Waals surface area contributed by atoms with Gasteiger partial charge < -0.3 is 45.7 Å². The first-order chi connectivity index (χ1) is 27.0. The monoisotopic (exact) mass is 844 g/mol. The van der Waals surface area contributed by atoms with Crippen molar-refractivity contribution in [1.82, 2.24) is 38.6 Å². The zero-order chi connectivity index (χ0) is 40.8.